The predicted molar refractivity (Wildman–Crippen MR) is 41.0 cm³/mol. The van der Waals surface area contributed by atoms with Crippen molar-refractivity contribution in [2.24, 2.45) is 0 Å². The Bertz CT molecular complexity index is 164. The molecule has 11 heavy (non-hydrogen) atoms. The number of aliphatic hydroxyl groups is 1. The van der Waals surface area contributed by atoms with Crippen LogP contribution >= 0.6 is 0 Å². The third-order valence-corrected chi connectivity index (χ3v) is 1.05. The molecule has 0 aromatic carbocycles. The van der Waals surface area contributed by atoms with Crippen LogP contribution in [0.3, 0.4) is 0 Å². The first kappa shape index (κ1) is 9.99. The lowest BCUT2D eigenvalue weighted by atomic mass is 10.2. The number of carbonyl (C=O) groups is 1. The zero-order chi connectivity index (χ0) is 8.53. The minimum atomic E-state index is -0.783. The summed E-state index contributed by atoms with van der Waals surface area (Å²) in [4.78, 5) is 10.00. The second-order valence-electron chi connectivity index (χ2n) is 2.07. The van der Waals surface area contributed by atoms with E-state index in [9.17, 15) is 4.79 Å². The molecule has 0 rings (SSSR count). The Morgan fingerprint density at radius 2 is 1.91 bits per heavy atom. The Balaban J connectivity index is 3.15. The average Bonchev–Trinajstić information content (AvgIpc) is 1.96. The summed E-state index contributed by atoms with van der Waals surface area (Å²) in [5, 5.41) is 16.5. The minimum Gasteiger partial charge on any atom is -0.481 e. The van der Waals surface area contributed by atoms with Gasteiger partial charge in [0, 0.05) is 19.3 Å². The fourth-order valence-corrected chi connectivity index (χ4v) is 0.561. The summed E-state index contributed by atoms with van der Waals surface area (Å²) < 4.78 is 0. The molecule has 0 aliphatic rings. The van der Waals surface area contributed by atoms with Gasteiger partial charge in [-0.3, -0.25) is 4.79 Å². The van der Waals surface area contributed by atoms with Crippen LogP contribution in [-0.2, 0) is 4.79 Å². The number of carboxylic acids is 1. The summed E-state index contributed by atoms with van der Waals surface area (Å²) in [5.74, 6) is 4.70. The maximum absolute atomic E-state index is 10.00. The van der Waals surface area contributed by atoms with Gasteiger partial charge in [-0.15, -0.1) is 11.8 Å². The van der Waals surface area contributed by atoms with Gasteiger partial charge in [0.2, 0.25) is 0 Å². The fraction of sp³-hybridized carbons (Fsp3) is 0.625. The van der Waals surface area contributed by atoms with E-state index in [4.69, 9.17) is 10.2 Å². The molecule has 0 saturated heterocycles. The van der Waals surface area contributed by atoms with E-state index < -0.39 is 5.97 Å². The highest BCUT2D eigenvalue weighted by Gasteiger charge is 1.92. The van der Waals surface area contributed by atoms with Crippen LogP contribution in [0.1, 0.15) is 25.7 Å². The highest BCUT2D eigenvalue weighted by molar-refractivity contribution is 5.66. The molecule has 0 unspecified atom stereocenters. The van der Waals surface area contributed by atoms with Crippen molar-refractivity contribution in [3.8, 4) is 11.8 Å². The summed E-state index contributed by atoms with van der Waals surface area (Å²) in [6, 6.07) is 0. The molecular formula is C8H12O3. The van der Waals surface area contributed by atoms with Crippen LogP contribution in [0.15, 0.2) is 0 Å². The Kier molecular flexibility index (Phi) is 6.45. The van der Waals surface area contributed by atoms with Crippen LogP contribution in [0.5, 0.6) is 0 Å². The lowest BCUT2D eigenvalue weighted by Crippen LogP contribution is -1.92. The molecule has 0 amide bonds. The molecule has 0 spiro atoms. The van der Waals surface area contributed by atoms with Crippen LogP contribution in [-0.4, -0.2) is 22.8 Å². The van der Waals surface area contributed by atoms with Crippen LogP contribution in [0.25, 0.3) is 0 Å². The molecule has 3 nitrogen and oxygen atoms in total. The summed E-state index contributed by atoms with van der Waals surface area (Å²) in [7, 11) is 0. The number of aliphatic carboxylic acids is 1. The quantitative estimate of drug-likeness (QED) is 0.463. The van der Waals surface area contributed by atoms with E-state index in [1.807, 2.05) is 0 Å². The van der Waals surface area contributed by atoms with Crippen LogP contribution < -0.4 is 0 Å². The topological polar surface area (TPSA) is 57.5 Å². The van der Waals surface area contributed by atoms with E-state index >= 15 is 0 Å². The van der Waals surface area contributed by atoms with Gasteiger partial charge in [-0.1, -0.05) is 0 Å². The average molecular weight is 156 g/mol. The van der Waals surface area contributed by atoms with Crippen LogP contribution in [0.4, 0.5) is 0 Å². The minimum absolute atomic E-state index is 0.0753. The van der Waals surface area contributed by atoms with Gasteiger partial charge in [-0.05, 0) is 6.42 Å². The monoisotopic (exact) mass is 156 g/mol. The third kappa shape index (κ3) is 8.99. The molecule has 62 valence electrons. The Morgan fingerprint density at radius 3 is 2.45 bits per heavy atom. The standard InChI is InChI=1S/C8H12O3/c9-7-5-3-1-2-4-6-8(10)11/h9H,2,4-7H2,(H,10,11). The molecular weight excluding hydrogens is 144 g/mol. The highest BCUT2D eigenvalue weighted by Crippen LogP contribution is 1.92. The molecule has 3 heteroatoms. The zero-order valence-corrected chi connectivity index (χ0v) is 6.34. The Labute approximate surface area is 66.0 Å². The van der Waals surface area contributed by atoms with E-state index in [0.29, 0.717) is 19.3 Å². The van der Waals surface area contributed by atoms with Gasteiger partial charge in [0.25, 0.3) is 0 Å². The molecule has 0 saturated carbocycles. The van der Waals surface area contributed by atoms with E-state index in [-0.39, 0.29) is 13.0 Å². The van der Waals surface area contributed by atoms with Gasteiger partial charge in [0.05, 0.1) is 6.61 Å². The zero-order valence-electron chi connectivity index (χ0n) is 6.34. The first-order chi connectivity index (χ1) is 5.27. The summed E-state index contributed by atoms with van der Waals surface area (Å²) in [6.07, 6.45) is 1.85. The lowest BCUT2D eigenvalue weighted by molar-refractivity contribution is -0.137. The molecule has 2 N–H and O–H groups in total. The molecule has 0 bridgehead atoms. The number of hydrogen-bond acceptors (Lipinski definition) is 2. The summed E-state index contributed by atoms with van der Waals surface area (Å²) in [6.45, 7) is 0.0753. The van der Waals surface area contributed by atoms with Crippen molar-refractivity contribution in [1.29, 1.82) is 0 Å². The van der Waals surface area contributed by atoms with Gasteiger partial charge >= 0.3 is 5.97 Å². The molecule has 0 fully saturated rings. The Hall–Kier alpha value is -1.01. The third-order valence-electron chi connectivity index (χ3n) is 1.05. The first-order valence-electron chi connectivity index (χ1n) is 3.55. The van der Waals surface area contributed by atoms with Crippen molar-refractivity contribution in [2.45, 2.75) is 25.7 Å². The van der Waals surface area contributed by atoms with Crippen molar-refractivity contribution >= 4 is 5.97 Å². The predicted octanol–water partition coefficient (Wildman–Crippen LogP) is 0.627. The van der Waals surface area contributed by atoms with Gasteiger partial charge in [-0.25, -0.2) is 0 Å². The second-order valence-corrected chi connectivity index (χ2v) is 2.07. The van der Waals surface area contributed by atoms with Crippen molar-refractivity contribution in [1.82, 2.24) is 0 Å². The van der Waals surface area contributed by atoms with Crippen LogP contribution in [0, 0.1) is 11.8 Å². The Morgan fingerprint density at radius 1 is 1.27 bits per heavy atom. The van der Waals surface area contributed by atoms with E-state index in [1.165, 1.54) is 0 Å². The molecule has 0 atom stereocenters. The molecule has 0 radical (unpaired) electrons. The molecule has 0 heterocycles. The van der Waals surface area contributed by atoms with E-state index in [0.717, 1.165) is 0 Å². The fourth-order valence-electron chi connectivity index (χ4n) is 0.561. The molecule has 0 aliphatic carbocycles. The van der Waals surface area contributed by atoms with E-state index in [2.05, 4.69) is 11.8 Å². The van der Waals surface area contributed by atoms with Crippen molar-refractivity contribution < 1.29 is 15.0 Å². The van der Waals surface area contributed by atoms with Crippen molar-refractivity contribution in [2.75, 3.05) is 6.61 Å². The summed E-state index contributed by atoms with van der Waals surface area (Å²) >= 11 is 0. The molecule has 0 aromatic rings. The maximum Gasteiger partial charge on any atom is 0.303 e. The normalized spacial score (nSPS) is 8.45. The largest absolute Gasteiger partial charge is 0.481 e. The van der Waals surface area contributed by atoms with Crippen molar-refractivity contribution in [3.63, 3.8) is 0 Å². The van der Waals surface area contributed by atoms with Gasteiger partial charge in [0.1, 0.15) is 0 Å². The number of aliphatic hydroxyl groups excluding tert-OH is 1. The SMILES string of the molecule is O=C(O)CCCC#CCCO. The lowest BCUT2D eigenvalue weighted by Gasteiger charge is -1.87. The van der Waals surface area contributed by atoms with Gasteiger partial charge in [-0.2, -0.15) is 0 Å². The highest BCUT2D eigenvalue weighted by atomic mass is 16.4. The number of carboxylic acid groups (broad SMARTS) is 1. The number of unbranched alkanes of at least 4 members (excludes halogenated alkanes) is 1. The smallest absolute Gasteiger partial charge is 0.303 e. The summed E-state index contributed by atoms with van der Waals surface area (Å²) in [5.41, 5.74) is 0. The van der Waals surface area contributed by atoms with Crippen molar-refractivity contribution in [3.05, 3.63) is 0 Å². The molecule has 0 aliphatic heterocycles. The van der Waals surface area contributed by atoms with Gasteiger partial charge < -0.3 is 10.2 Å². The van der Waals surface area contributed by atoms with Gasteiger partial charge in [0.15, 0.2) is 0 Å². The molecule has 0 aromatic heterocycles. The number of rotatable bonds is 4. The van der Waals surface area contributed by atoms with Crippen LogP contribution in [0.2, 0.25) is 0 Å². The maximum atomic E-state index is 10.00. The second kappa shape index (κ2) is 7.10. The first-order valence-corrected chi connectivity index (χ1v) is 3.55. The van der Waals surface area contributed by atoms with E-state index in [1.54, 1.807) is 0 Å². The number of hydrogen-bond donors (Lipinski definition) is 2.